The van der Waals surface area contributed by atoms with Gasteiger partial charge in [-0.3, -0.25) is 4.79 Å². The minimum Gasteiger partial charge on any atom is -0.469 e. The molecule has 0 radical (unpaired) electrons. The summed E-state index contributed by atoms with van der Waals surface area (Å²) in [6.07, 6.45) is 0.109. The second-order valence-corrected chi connectivity index (χ2v) is 5.52. The first-order valence-corrected chi connectivity index (χ1v) is 7.79. The molecular formula is C17H20N4O3. The summed E-state index contributed by atoms with van der Waals surface area (Å²) in [4.78, 5) is 22.9. The van der Waals surface area contributed by atoms with Gasteiger partial charge in [0.25, 0.3) is 0 Å². The number of rotatable bonds is 4. The Morgan fingerprint density at radius 1 is 1.25 bits per heavy atom. The Morgan fingerprint density at radius 2 is 1.96 bits per heavy atom. The number of carbonyl (C=O) groups excluding carboxylic acids is 1. The number of anilines is 2. The Balaban J connectivity index is 1.98. The van der Waals surface area contributed by atoms with Gasteiger partial charge in [0, 0.05) is 30.4 Å². The van der Waals surface area contributed by atoms with Crippen molar-refractivity contribution in [2.45, 2.75) is 6.42 Å². The van der Waals surface area contributed by atoms with E-state index in [4.69, 9.17) is 15.2 Å². The zero-order chi connectivity index (χ0) is 16.9. The molecule has 2 heterocycles. The molecule has 1 saturated heterocycles. The number of methoxy groups -OCH3 is 1. The molecular weight excluding hydrogens is 308 g/mol. The van der Waals surface area contributed by atoms with E-state index in [1.54, 1.807) is 12.1 Å². The molecule has 7 heteroatoms. The highest BCUT2D eigenvalue weighted by Gasteiger charge is 2.17. The fraction of sp³-hybridized carbons (Fsp3) is 0.353. The number of esters is 1. The lowest BCUT2D eigenvalue weighted by molar-refractivity contribution is -0.139. The highest BCUT2D eigenvalue weighted by molar-refractivity contribution is 5.72. The lowest BCUT2D eigenvalue weighted by atomic mass is 10.2. The first-order valence-electron chi connectivity index (χ1n) is 7.79. The highest BCUT2D eigenvalue weighted by atomic mass is 16.5. The van der Waals surface area contributed by atoms with Crippen molar-refractivity contribution in [2.24, 2.45) is 0 Å². The van der Waals surface area contributed by atoms with Crippen molar-refractivity contribution >= 4 is 17.5 Å². The number of ether oxygens (including phenoxy) is 2. The monoisotopic (exact) mass is 328 g/mol. The second kappa shape index (κ2) is 7.27. The topological polar surface area (TPSA) is 90.6 Å². The molecule has 24 heavy (non-hydrogen) atoms. The second-order valence-electron chi connectivity index (χ2n) is 5.52. The maximum absolute atomic E-state index is 11.6. The number of nitrogen functional groups attached to an aromatic ring is 1. The van der Waals surface area contributed by atoms with Gasteiger partial charge >= 0.3 is 5.97 Å². The first-order chi connectivity index (χ1) is 11.7. The quantitative estimate of drug-likeness (QED) is 0.668. The van der Waals surface area contributed by atoms with E-state index in [-0.39, 0.29) is 12.4 Å². The predicted molar refractivity (Wildman–Crippen MR) is 90.6 cm³/mol. The predicted octanol–water partition coefficient (Wildman–Crippen LogP) is 1.28. The van der Waals surface area contributed by atoms with Crippen LogP contribution in [-0.2, 0) is 20.7 Å². The molecule has 126 valence electrons. The van der Waals surface area contributed by atoms with Gasteiger partial charge in [0.2, 0.25) is 0 Å². The molecule has 0 saturated carbocycles. The molecule has 0 spiro atoms. The number of benzene rings is 1. The van der Waals surface area contributed by atoms with Crippen molar-refractivity contribution in [1.82, 2.24) is 9.97 Å². The van der Waals surface area contributed by atoms with Gasteiger partial charge in [0.15, 0.2) is 5.82 Å². The summed E-state index contributed by atoms with van der Waals surface area (Å²) in [5.41, 5.74) is 7.90. The minimum atomic E-state index is -0.329. The molecule has 1 aliphatic rings. The van der Waals surface area contributed by atoms with Crippen LogP contribution in [0.5, 0.6) is 0 Å². The number of carbonyl (C=O) groups is 1. The van der Waals surface area contributed by atoms with Gasteiger partial charge in [-0.15, -0.1) is 0 Å². The Hall–Kier alpha value is -2.67. The van der Waals surface area contributed by atoms with Gasteiger partial charge in [-0.25, -0.2) is 9.97 Å². The van der Waals surface area contributed by atoms with Crippen LogP contribution < -0.4 is 10.6 Å². The van der Waals surface area contributed by atoms with Gasteiger partial charge in [-0.2, -0.15) is 0 Å². The standard InChI is InChI=1S/C17H20N4O3/c1-23-16(22)11-14-10-15(21-6-8-24-9-7-21)20-17(19-14)12-2-4-13(18)5-3-12/h2-5,10H,6-9,11,18H2,1H3. The van der Waals surface area contributed by atoms with E-state index in [0.717, 1.165) is 24.5 Å². The van der Waals surface area contributed by atoms with E-state index in [0.29, 0.717) is 30.4 Å². The van der Waals surface area contributed by atoms with Crippen LogP contribution in [0.3, 0.4) is 0 Å². The molecule has 0 amide bonds. The first kappa shape index (κ1) is 16.2. The van der Waals surface area contributed by atoms with Crippen molar-refractivity contribution in [3.05, 3.63) is 36.0 Å². The number of morpholine rings is 1. The summed E-state index contributed by atoms with van der Waals surface area (Å²) in [6, 6.07) is 9.19. The van der Waals surface area contributed by atoms with Crippen LogP contribution in [0.2, 0.25) is 0 Å². The average molecular weight is 328 g/mol. The van der Waals surface area contributed by atoms with Crippen LogP contribution in [0.15, 0.2) is 30.3 Å². The zero-order valence-corrected chi connectivity index (χ0v) is 13.6. The Morgan fingerprint density at radius 3 is 2.62 bits per heavy atom. The third-order valence-corrected chi connectivity index (χ3v) is 3.82. The summed E-state index contributed by atoms with van der Waals surface area (Å²) in [6.45, 7) is 2.84. The van der Waals surface area contributed by atoms with E-state index in [1.807, 2.05) is 18.2 Å². The summed E-state index contributed by atoms with van der Waals surface area (Å²) >= 11 is 0. The van der Waals surface area contributed by atoms with Gasteiger partial charge in [-0.1, -0.05) is 0 Å². The van der Waals surface area contributed by atoms with Gasteiger partial charge in [-0.05, 0) is 24.3 Å². The van der Waals surface area contributed by atoms with Crippen LogP contribution >= 0.6 is 0 Å². The lowest BCUT2D eigenvalue weighted by Crippen LogP contribution is -2.37. The Labute approximate surface area is 140 Å². The average Bonchev–Trinajstić information content (AvgIpc) is 2.62. The number of hydrogen-bond donors (Lipinski definition) is 1. The van der Waals surface area contributed by atoms with Crippen molar-refractivity contribution in [3.63, 3.8) is 0 Å². The molecule has 0 atom stereocenters. The molecule has 3 rings (SSSR count). The molecule has 1 aromatic carbocycles. The molecule has 0 aliphatic carbocycles. The van der Waals surface area contributed by atoms with Crippen LogP contribution in [0.1, 0.15) is 5.69 Å². The highest BCUT2D eigenvalue weighted by Crippen LogP contribution is 2.22. The Kier molecular flexibility index (Phi) is 4.90. The van der Waals surface area contributed by atoms with Crippen molar-refractivity contribution < 1.29 is 14.3 Å². The van der Waals surface area contributed by atoms with E-state index < -0.39 is 0 Å². The van der Waals surface area contributed by atoms with Crippen LogP contribution in [0.4, 0.5) is 11.5 Å². The number of aromatic nitrogens is 2. The molecule has 1 fully saturated rings. The normalized spacial score (nSPS) is 14.5. The smallest absolute Gasteiger partial charge is 0.311 e. The maximum atomic E-state index is 11.6. The van der Waals surface area contributed by atoms with E-state index >= 15 is 0 Å². The number of nitrogens with two attached hydrogens (primary N) is 1. The van der Waals surface area contributed by atoms with Crippen molar-refractivity contribution in [3.8, 4) is 11.4 Å². The Bertz CT molecular complexity index is 712. The van der Waals surface area contributed by atoms with Gasteiger partial charge < -0.3 is 20.1 Å². The zero-order valence-electron chi connectivity index (χ0n) is 13.6. The maximum Gasteiger partial charge on any atom is 0.311 e. The molecule has 0 bridgehead atoms. The van der Waals surface area contributed by atoms with Crippen molar-refractivity contribution in [2.75, 3.05) is 44.0 Å². The van der Waals surface area contributed by atoms with E-state index in [2.05, 4.69) is 14.9 Å². The van der Waals surface area contributed by atoms with Gasteiger partial charge in [0.05, 0.1) is 32.4 Å². The molecule has 1 aliphatic heterocycles. The molecule has 2 N–H and O–H groups in total. The molecule has 1 aromatic heterocycles. The SMILES string of the molecule is COC(=O)Cc1cc(N2CCOCC2)nc(-c2ccc(N)cc2)n1. The summed E-state index contributed by atoms with van der Waals surface area (Å²) in [5.74, 6) is 1.03. The fourth-order valence-corrected chi connectivity index (χ4v) is 2.51. The molecule has 7 nitrogen and oxygen atoms in total. The van der Waals surface area contributed by atoms with E-state index in [9.17, 15) is 4.79 Å². The fourth-order valence-electron chi connectivity index (χ4n) is 2.51. The number of hydrogen-bond acceptors (Lipinski definition) is 7. The largest absolute Gasteiger partial charge is 0.469 e. The molecule has 0 unspecified atom stereocenters. The van der Waals surface area contributed by atoms with E-state index in [1.165, 1.54) is 7.11 Å². The summed E-state index contributed by atoms with van der Waals surface area (Å²) in [5, 5.41) is 0. The third kappa shape index (κ3) is 3.80. The summed E-state index contributed by atoms with van der Waals surface area (Å²) in [7, 11) is 1.37. The van der Waals surface area contributed by atoms with Crippen molar-refractivity contribution in [1.29, 1.82) is 0 Å². The molecule has 2 aromatic rings. The van der Waals surface area contributed by atoms with Crippen LogP contribution in [-0.4, -0.2) is 49.4 Å². The van der Waals surface area contributed by atoms with Gasteiger partial charge in [0.1, 0.15) is 5.82 Å². The minimum absolute atomic E-state index is 0.109. The van der Waals surface area contributed by atoms with Crippen LogP contribution in [0.25, 0.3) is 11.4 Å². The summed E-state index contributed by atoms with van der Waals surface area (Å²) < 4.78 is 10.1. The third-order valence-electron chi connectivity index (χ3n) is 3.82. The van der Waals surface area contributed by atoms with Crippen LogP contribution in [0, 0.1) is 0 Å². The lowest BCUT2D eigenvalue weighted by Gasteiger charge is -2.28. The number of nitrogens with zero attached hydrogens (tertiary/aromatic N) is 3.